The van der Waals surface area contributed by atoms with Crippen LogP contribution in [-0.2, 0) is 6.42 Å². The molecule has 1 aromatic rings. The van der Waals surface area contributed by atoms with Crippen molar-refractivity contribution < 1.29 is 0 Å². The molecule has 0 fully saturated rings. The largest absolute Gasteiger partial charge is 0.358 e. The number of aryl methyl sites for hydroxylation is 1. The van der Waals surface area contributed by atoms with Crippen molar-refractivity contribution in [1.82, 2.24) is 4.90 Å². The highest BCUT2D eigenvalue weighted by Gasteiger charge is 2.05. The second-order valence-corrected chi connectivity index (χ2v) is 5.25. The maximum Gasteiger partial charge on any atom is 0.136 e. The highest BCUT2D eigenvalue weighted by atomic mass is 32.2. The number of hydrogen-bond donors (Lipinski definition) is 0. The summed E-state index contributed by atoms with van der Waals surface area (Å²) in [6, 6.07) is 10.6. The molecule has 0 aliphatic carbocycles. The zero-order valence-corrected chi connectivity index (χ0v) is 11.6. The zero-order valence-electron chi connectivity index (χ0n) is 9.98. The van der Waals surface area contributed by atoms with Crippen LogP contribution in [0.2, 0.25) is 0 Å². The molecule has 0 atom stereocenters. The first-order valence-corrected chi connectivity index (χ1v) is 7.13. The predicted molar refractivity (Wildman–Crippen MR) is 78.1 cm³/mol. The third-order valence-corrected chi connectivity index (χ3v) is 4.01. The van der Waals surface area contributed by atoms with Crippen molar-refractivity contribution in [3.8, 4) is 0 Å². The van der Waals surface area contributed by atoms with Crippen LogP contribution in [0.1, 0.15) is 19.4 Å². The minimum atomic E-state index is 1.01. The van der Waals surface area contributed by atoms with Crippen molar-refractivity contribution in [3.63, 3.8) is 0 Å². The van der Waals surface area contributed by atoms with Gasteiger partial charge in [-0.3, -0.25) is 0 Å². The molecule has 1 nitrogen and oxygen atoms in total. The first-order chi connectivity index (χ1) is 7.77. The van der Waals surface area contributed by atoms with Gasteiger partial charge in [-0.2, -0.15) is 0 Å². The Labute approximate surface area is 108 Å². The molecule has 3 heteroatoms. The SMILES string of the molecule is CCN(CC)C(=S)SCCc1ccccc1. The van der Waals surface area contributed by atoms with Gasteiger partial charge in [0, 0.05) is 18.8 Å². The number of benzene rings is 1. The Bertz CT molecular complexity index is 307. The van der Waals surface area contributed by atoms with Gasteiger partial charge in [-0.15, -0.1) is 0 Å². The Morgan fingerprint density at radius 2 is 1.81 bits per heavy atom. The Hall–Kier alpha value is -0.540. The molecule has 1 aromatic carbocycles. The minimum absolute atomic E-state index is 1.01. The summed E-state index contributed by atoms with van der Waals surface area (Å²) < 4.78 is 1.03. The molecule has 0 unspecified atom stereocenters. The quantitative estimate of drug-likeness (QED) is 0.738. The summed E-state index contributed by atoms with van der Waals surface area (Å²) in [6.07, 6.45) is 1.09. The number of hydrogen-bond acceptors (Lipinski definition) is 2. The van der Waals surface area contributed by atoms with Crippen LogP contribution in [0.25, 0.3) is 0 Å². The van der Waals surface area contributed by atoms with E-state index in [0.29, 0.717) is 0 Å². The first-order valence-electron chi connectivity index (χ1n) is 5.73. The number of rotatable bonds is 5. The molecule has 0 aliphatic heterocycles. The van der Waals surface area contributed by atoms with E-state index in [-0.39, 0.29) is 0 Å². The third kappa shape index (κ3) is 4.54. The van der Waals surface area contributed by atoms with Gasteiger partial charge in [0.25, 0.3) is 0 Å². The van der Waals surface area contributed by atoms with Gasteiger partial charge >= 0.3 is 0 Å². The van der Waals surface area contributed by atoms with Crippen LogP contribution >= 0.6 is 24.0 Å². The van der Waals surface area contributed by atoms with E-state index in [1.807, 2.05) is 0 Å². The summed E-state index contributed by atoms with van der Waals surface area (Å²) in [5.74, 6) is 1.07. The number of nitrogens with zero attached hydrogens (tertiary/aromatic N) is 1. The van der Waals surface area contributed by atoms with E-state index in [2.05, 4.69) is 49.1 Å². The lowest BCUT2D eigenvalue weighted by Crippen LogP contribution is -2.26. The summed E-state index contributed by atoms with van der Waals surface area (Å²) in [5, 5.41) is 0. The van der Waals surface area contributed by atoms with Crippen molar-refractivity contribution in [2.75, 3.05) is 18.8 Å². The summed E-state index contributed by atoms with van der Waals surface area (Å²) in [6.45, 7) is 6.31. The van der Waals surface area contributed by atoms with Crippen LogP contribution in [0.5, 0.6) is 0 Å². The van der Waals surface area contributed by atoms with Gasteiger partial charge in [-0.25, -0.2) is 0 Å². The molecule has 0 spiro atoms. The monoisotopic (exact) mass is 253 g/mol. The number of thioether (sulfide) groups is 1. The minimum Gasteiger partial charge on any atom is -0.358 e. The molecule has 88 valence electrons. The average molecular weight is 253 g/mol. The smallest absolute Gasteiger partial charge is 0.136 e. The van der Waals surface area contributed by atoms with Gasteiger partial charge in [0.15, 0.2) is 0 Å². The van der Waals surface area contributed by atoms with Crippen molar-refractivity contribution in [1.29, 1.82) is 0 Å². The van der Waals surface area contributed by atoms with Crippen molar-refractivity contribution in [3.05, 3.63) is 35.9 Å². The van der Waals surface area contributed by atoms with E-state index in [1.54, 1.807) is 11.8 Å². The Morgan fingerprint density at radius 3 is 2.38 bits per heavy atom. The Kier molecular flexibility index (Phi) is 6.50. The van der Waals surface area contributed by atoms with Crippen LogP contribution in [0.4, 0.5) is 0 Å². The fourth-order valence-electron chi connectivity index (χ4n) is 1.47. The van der Waals surface area contributed by atoms with Gasteiger partial charge in [0.1, 0.15) is 4.32 Å². The van der Waals surface area contributed by atoms with E-state index < -0.39 is 0 Å². The van der Waals surface area contributed by atoms with Gasteiger partial charge in [-0.05, 0) is 25.8 Å². The molecule has 1 rings (SSSR count). The van der Waals surface area contributed by atoms with Crippen molar-refractivity contribution in [2.24, 2.45) is 0 Å². The van der Waals surface area contributed by atoms with E-state index >= 15 is 0 Å². The summed E-state index contributed by atoms with van der Waals surface area (Å²) in [5.41, 5.74) is 1.39. The lowest BCUT2D eigenvalue weighted by Gasteiger charge is -2.20. The van der Waals surface area contributed by atoms with E-state index in [4.69, 9.17) is 12.2 Å². The van der Waals surface area contributed by atoms with E-state index in [1.165, 1.54) is 5.56 Å². The third-order valence-electron chi connectivity index (χ3n) is 2.48. The molecule has 0 heterocycles. The van der Waals surface area contributed by atoms with Crippen LogP contribution in [0, 0.1) is 0 Å². The molecular weight excluding hydrogens is 234 g/mol. The number of thiocarbonyl (C=S) groups is 1. The second kappa shape index (κ2) is 7.69. The van der Waals surface area contributed by atoms with Gasteiger partial charge in [-0.1, -0.05) is 54.3 Å². The topological polar surface area (TPSA) is 3.24 Å². The maximum atomic E-state index is 5.38. The lowest BCUT2D eigenvalue weighted by atomic mass is 10.2. The lowest BCUT2D eigenvalue weighted by molar-refractivity contribution is 0.482. The molecule has 0 aliphatic rings. The summed E-state index contributed by atoms with van der Waals surface area (Å²) >= 11 is 7.16. The molecule has 0 amide bonds. The first kappa shape index (κ1) is 13.5. The van der Waals surface area contributed by atoms with Gasteiger partial charge < -0.3 is 4.90 Å². The van der Waals surface area contributed by atoms with Gasteiger partial charge in [0.05, 0.1) is 0 Å². The average Bonchev–Trinajstić information content (AvgIpc) is 2.32. The fourth-order valence-corrected chi connectivity index (χ4v) is 2.94. The Morgan fingerprint density at radius 1 is 1.19 bits per heavy atom. The molecule has 0 saturated carbocycles. The van der Waals surface area contributed by atoms with Crippen molar-refractivity contribution >= 4 is 28.3 Å². The molecule has 16 heavy (non-hydrogen) atoms. The van der Waals surface area contributed by atoms with Crippen LogP contribution < -0.4 is 0 Å². The van der Waals surface area contributed by atoms with Crippen LogP contribution in [-0.4, -0.2) is 28.1 Å². The highest BCUT2D eigenvalue weighted by molar-refractivity contribution is 8.22. The standard InChI is InChI=1S/C13H19NS2/c1-3-14(4-2)13(15)16-11-10-12-8-6-5-7-9-12/h5-9H,3-4,10-11H2,1-2H3. The second-order valence-electron chi connectivity index (χ2n) is 3.52. The van der Waals surface area contributed by atoms with Crippen molar-refractivity contribution in [2.45, 2.75) is 20.3 Å². The maximum absolute atomic E-state index is 5.38. The molecular formula is C13H19NS2. The summed E-state index contributed by atoms with van der Waals surface area (Å²) in [7, 11) is 0. The molecule has 0 bridgehead atoms. The fraction of sp³-hybridized carbons (Fsp3) is 0.462. The molecule has 0 aromatic heterocycles. The zero-order chi connectivity index (χ0) is 11.8. The molecule has 0 saturated heterocycles. The summed E-state index contributed by atoms with van der Waals surface area (Å²) in [4.78, 5) is 2.23. The van der Waals surface area contributed by atoms with Crippen LogP contribution in [0.15, 0.2) is 30.3 Å². The van der Waals surface area contributed by atoms with Crippen LogP contribution in [0.3, 0.4) is 0 Å². The highest BCUT2D eigenvalue weighted by Crippen LogP contribution is 2.12. The van der Waals surface area contributed by atoms with E-state index in [0.717, 1.165) is 29.6 Å². The van der Waals surface area contributed by atoms with E-state index in [9.17, 15) is 0 Å². The predicted octanol–water partition coefficient (Wildman–Crippen LogP) is 3.59. The molecule has 0 radical (unpaired) electrons. The Balaban J connectivity index is 2.28. The van der Waals surface area contributed by atoms with Gasteiger partial charge in [0.2, 0.25) is 0 Å². The molecule has 0 N–H and O–H groups in total. The normalized spacial score (nSPS) is 10.1.